The molecule has 9 N–H and O–H groups in total. The Morgan fingerprint density at radius 3 is 2.06 bits per heavy atom. The van der Waals surface area contributed by atoms with Crippen LogP contribution in [0.5, 0.6) is 0 Å². The maximum atomic E-state index is 13.1. The van der Waals surface area contributed by atoms with Gasteiger partial charge >= 0.3 is 11.9 Å². The highest BCUT2D eigenvalue weighted by atomic mass is 16.8. The van der Waals surface area contributed by atoms with Crippen LogP contribution in [0, 0.1) is 50.2 Å². The van der Waals surface area contributed by atoms with Crippen LogP contribution in [0.15, 0.2) is 11.6 Å². The molecule has 4 saturated carbocycles. The number of ether oxygens (including phenoxy) is 7. The lowest BCUT2D eigenvalue weighted by Crippen LogP contribution is -2.67. The minimum absolute atomic E-state index is 0.0130. The van der Waals surface area contributed by atoms with Gasteiger partial charge in [-0.3, -0.25) is 9.59 Å². The Labute approximate surface area is 393 Å². The summed E-state index contributed by atoms with van der Waals surface area (Å²) in [6.45, 7) is 15.3. The summed E-state index contributed by atoms with van der Waals surface area (Å²) >= 11 is 0. The molecular weight excluding hydrogens is 877 g/mol. The van der Waals surface area contributed by atoms with Crippen LogP contribution < -0.4 is 0 Å². The number of aliphatic carboxylic acids is 1. The molecule has 0 aromatic heterocycles. The van der Waals surface area contributed by atoms with Gasteiger partial charge in [0.25, 0.3) is 0 Å². The average molecular weight is 955 g/mol. The van der Waals surface area contributed by atoms with Crippen molar-refractivity contribution in [3.63, 3.8) is 0 Å². The molecule has 18 heteroatoms. The van der Waals surface area contributed by atoms with E-state index in [-0.39, 0.29) is 46.0 Å². The van der Waals surface area contributed by atoms with Gasteiger partial charge in [0.05, 0.1) is 30.8 Å². The molecule has 3 saturated heterocycles. The number of carboxylic acids is 1. The van der Waals surface area contributed by atoms with Crippen LogP contribution in [0.2, 0.25) is 0 Å². The first-order valence-corrected chi connectivity index (χ1v) is 24.6. The van der Waals surface area contributed by atoms with Crippen molar-refractivity contribution in [1.82, 2.24) is 0 Å². The molecule has 23 atom stereocenters. The highest BCUT2D eigenvalue weighted by molar-refractivity contribution is 5.76. The zero-order chi connectivity index (χ0) is 49.0. The third kappa shape index (κ3) is 8.35. The fourth-order valence-corrected chi connectivity index (χ4v) is 15.0. The van der Waals surface area contributed by atoms with Gasteiger partial charge in [0.15, 0.2) is 18.9 Å². The van der Waals surface area contributed by atoms with Crippen LogP contribution >= 0.6 is 0 Å². The predicted molar refractivity (Wildman–Crippen MR) is 234 cm³/mol. The van der Waals surface area contributed by atoms with E-state index in [0.29, 0.717) is 19.3 Å². The molecule has 67 heavy (non-hydrogen) atoms. The summed E-state index contributed by atoms with van der Waals surface area (Å²) in [4.78, 5) is 25.2. The number of aliphatic hydroxyl groups excluding tert-OH is 8. The van der Waals surface area contributed by atoms with Gasteiger partial charge in [0.2, 0.25) is 0 Å². The maximum absolute atomic E-state index is 13.1. The summed E-state index contributed by atoms with van der Waals surface area (Å²) in [5.74, 6) is -1.12. The summed E-state index contributed by atoms with van der Waals surface area (Å²) < 4.78 is 41.3. The zero-order valence-corrected chi connectivity index (χ0v) is 40.4. The monoisotopic (exact) mass is 955 g/mol. The van der Waals surface area contributed by atoms with Crippen molar-refractivity contribution in [3.05, 3.63) is 11.6 Å². The summed E-state index contributed by atoms with van der Waals surface area (Å²) in [5, 5.41) is 98.7. The Kier molecular flexibility index (Phi) is 14.1. The molecule has 382 valence electrons. The van der Waals surface area contributed by atoms with Gasteiger partial charge < -0.3 is 79.1 Å². The first kappa shape index (κ1) is 51.5. The van der Waals surface area contributed by atoms with Crippen LogP contribution in [0.1, 0.15) is 120 Å². The van der Waals surface area contributed by atoms with E-state index in [9.17, 15) is 55.5 Å². The largest absolute Gasteiger partial charge is 0.481 e. The number of aliphatic hydroxyl groups is 8. The van der Waals surface area contributed by atoms with E-state index < -0.39 is 128 Å². The molecule has 8 aliphatic rings. The van der Waals surface area contributed by atoms with Gasteiger partial charge in [-0.2, -0.15) is 0 Å². The van der Waals surface area contributed by atoms with Crippen molar-refractivity contribution >= 4 is 11.9 Å². The fourth-order valence-electron chi connectivity index (χ4n) is 15.0. The Morgan fingerprint density at radius 2 is 1.39 bits per heavy atom. The van der Waals surface area contributed by atoms with Crippen LogP contribution in [0.25, 0.3) is 0 Å². The number of esters is 1. The Bertz CT molecular complexity index is 1860. The number of fused-ring (bicyclic) bond motifs is 7. The minimum atomic E-state index is -1.80. The molecule has 0 amide bonds. The van der Waals surface area contributed by atoms with E-state index >= 15 is 0 Å². The SMILES string of the molecule is CC(=O)OC[C@@H]1O[C@H](O[C@H]2CC[C@@]3(C)[C@H](CC[C@]4(C)[C@@H]3CC=C3[C@@H]5CC(C)(C)CC[C@]5(C(=O)O)CC[C@]34C)[C@]2(C)CO)[C@@H](O)[C@H](O)[C@H]1O[C@@H]1O[C@H](C)[C@@H](O)[C@H](O[C@@H]2OC[C@@H](O)[C@H](O)[C@@H]2O)[C@@H]1O. The molecule has 0 radical (unpaired) electrons. The quantitative estimate of drug-likeness (QED) is 0.0859. The highest BCUT2D eigenvalue weighted by Gasteiger charge is 2.70. The molecule has 0 bridgehead atoms. The molecular formula is C49H78O18. The van der Waals surface area contributed by atoms with Crippen molar-refractivity contribution < 1.29 is 88.7 Å². The van der Waals surface area contributed by atoms with E-state index in [2.05, 4.69) is 40.7 Å². The van der Waals surface area contributed by atoms with Crippen molar-refractivity contribution in [1.29, 1.82) is 0 Å². The topological polar surface area (TPSA) is 281 Å². The molecule has 7 fully saturated rings. The van der Waals surface area contributed by atoms with Crippen LogP contribution in [-0.4, -0.2) is 170 Å². The summed E-state index contributed by atoms with van der Waals surface area (Å²) in [6.07, 6.45) is -12.2. The van der Waals surface area contributed by atoms with Gasteiger partial charge in [0, 0.05) is 12.3 Å². The average Bonchev–Trinajstić information content (AvgIpc) is 3.26. The van der Waals surface area contributed by atoms with Crippen LogP contribution in [-0.2, 0) is 42.7 Å². The number of allylic oxidation sites excluding steroid dienone is 2. The van der Waals surface area contributed by atoms with Gasteiger partial charge in [-0.05, 0) is 111 Å². The maximum Gasteiger partial charge on any atom is 0.310 e. The Hall–Kier alpha value is -1.88. The van der Waals surface area contributed by atoms with Crippen LogP contribution in [0.4, 0.5) is 0 Å². The minimum Gasteiger partial charge on any atom is -0.481 e. The molecule has 0 unspecified atom stereocenters. The molecule has 5 aliphatic carbocycles. The summed E-state index contributed by atoms with van der Waals surface area (Å²) in [6, 6.07) is 0. The number of carbonyl (C=O) groups excluding carboxylic acids is 1. The van der Waals surface area contributed by atoms with Gasteiger partial charge in [-0.25, -0.2) is 0 Å². The number of hydrogen-bond donors (Lipinski definition) is 9. The number of carboxylic acid groups (broad SMARTS) is 1. The lowest BCUT2D eigenvalue weighted by Gasteiger charge is -2.71. The second kappa shape index (κ2) is 18.3. The highest BCUT2D eigenvalue weighted by Crippen LogP contribution is 2.76. The van der Waals surface area contributed by atoms with Crippen LogP contribution in [0.3, 0.4) is 0 Å². The first-order valence-electron chi connectivity index (χ1n) is 24.6. The molecule has 18 nitrogen and oxygen atoms in total. The summed E-state index contributed by atoms with van der Waals surface area (Å²) in [7, 11) is 0. The molecule has 8 rings (SSSR count). The third-order valence-electron chi connectivity index (χ3n) is 19.4. The molecule has 0 spiro atoms. The second-order valence-corrected chi connectivity index (χ2v) is 23.5. The lowest BCUT2D eigenvalue weighted by atomic mass is 9.33. The van der Waals surface area contributed by atoms with Crippen molar-refractivity contribution in [2.24, 2.45) is 50.2 Å². The number of rotatable bonds is 10. The normalized spacial score (nSPS) is 52.9. The van der Waals surface area contributed by atoms with Gasteiger partial charge in [-0.1, -0.05) is 53.2 Å². The first-order chi connectivity index (χ1) is 31.3. The smallest absolute Gasteiger partial charge is 0.310 e. The molecule has 0 aromatic carbocycles. The van der Waals surface area contributed by atoms with E-state index in [1.54, 1.807) is 0 Å². The van der Waals surface area contributed by atoms with Gasteiger partial charge in [-0.15, -0.1) is 0 Å². The van der Waals surface area contributed by atoms with Gasteiger partial charge in [0.1, 0.15) is 67.6 Å². The van der Waals surface area contributed by atoms with E-state index in [1.807, 2.05) is 6.92 Å². The van der Waals surface area contributed by atoms with E-state index in [1.165, 1.54) is 19.4 Å². The van der Waals surface area contributed by atoms with E-state index in [4.69, 9.17) is 33.2 Å². The third-order valence-corrected chi connectivity index (χ3v) is 19.4. The molecule has 3 heterocycles. The van der Waals surface area contributed by atoms with Crippen molar-refractivity contribution in [2.45, 2.75) is 212 Å². The van der Waals surface area contributed by atoms with Crippen molar-refractivity contribution in [2.75, 3.05) is 19.8 Å². The second-order valence-electron chi connectivity index (χ2n) is 23.5. The van der Waals surface area contributed by atoms with Crippen molar-refractivity contribution in [3.8, 4) is 0 Å². The Morgan fingerprint density at radius 1 is 0.731 bits per heavy atom. The molecule has 3 aliphatic heterocycles. The number of carbonyl (C=O) groups is 2. The zero-order valence-electron chi connectivity index (χ0n) is 40.4. The Balaban J connectivity index is 1.000. The predicted octanol–water partition coefficient (Wildman–Crippen LogP) is 1.92. The fraction of sp³-hybridized carbons (Fsp3) is 0.918. The lowest BCUT2D eigenvalue weighted by molar-refractivity contribution is -0.379. The standard InChI is InChI=1S/C49H78O18/c1-23-32(53)39(67-40-35(56)33(54)27(52)20-62-40)37(58)42(63-23)66-38-28(21-61-24(2)51)64-41(36(57)34(38)55)65-31-12-13-45(5)29(46(31,6)22-50)11-14-48(8)30(45)10-9-25-26-19-44(3,4)15-17-49(26,43(59)60)18-16-47(25,48)7/h9,23,26-42,50,52-58H,10-22H2,1-8H3,(H,59,60)/t23-,26+,27-,28+,29+,30-,31+,32-,33+,34+,35+,36+,37+,38+,39+,40+,41-,42+,45+,46+,47-,48-,49+/m1/s1. The summed E-state index contributed by atoms with van der Waals surface area (Å²) in [5.41, 5.74) is -0.724. The number of hydrogen-bond acceptors (Lipinski definition) is 17. The molecule has 0 aromatic rings. The van der Waals surface area contributed by atoms with E-state index in [0.717, 1.165) is 44.9 Å².